The van der Waals surface area contributed by atoms with Crippen molar-refractivity contribution >= 4 is 11.9 Å². The first-order valence-electron chi connectivity index (χ1n) is 6.25. The lowest BCUT2D eigenvalue weighted by atomic mass is 10.0. The van der Waals surface area contributed by atoms with Crippen molar-refractivity contribution in [3.63, 3.8) is 0 Å². The second kappa shape index (κ2) is 5.02. The van der Waals surface area contributed by atoms with Gasteiger partial charge in [0.1, 0.15) is 6.33 Å². The third kappa shape index (κ3) is 2.53. The molecule has 1 aliphatic rings. The van der Waals surface area contributed by atoms with Crippen molar-refractivity contribution in [1.29, 1.82) is 0 Å². The number of hydrazine groups is 1. The zero-order chi connectivity index (χ0) is 14.0. The molecule has 0 saturated carbocycles. The van der Waals surface area contributed by atoms with Crippen LogP contribution in [0.4, 0.5) is 11.9 Å². The normalized spacial score (nSPS) is 21.9. The summed E-state index contributed by atoms with van der Waals surface area (Å²) in [5.74, 6) is 6.58. The Morgan fingerprint density at radius 2 is 2.20 bits per heavy atom. The van der Waals surface area contributed by atoms with E-state index in [4.69, 9.17) is 10.6 Å². The van der Waals surface area contributed by atoms with Crippen LogP contribution >= 0.6 is 0 Å². The third-order valence-electron chi connectivity index (χ3n) is 3.12. The second-order valence-corrected chi connectivity index (χ2v) is 4.89. The van der Waals surface area contributed by atoms with Crippen molar-refractivity contribution in [2.75, 3.05) is 24.0 Å². The van der Waals surface area contributed by atoms with Crippen molar-refractivity contribution in [3.05, 3.63) is 18.7 Å². The summed E-state index contributed by atoms with van der Waals surface area (Å²) in [4.78, 5) is 16.7. The van der Waals surface area contributed by atoms with Gasteiger partial charge in [0.15, 0.2) is 0 Å². The minimum atomic E-state index is -0.181. The highest BCUT2D eigenvalue weighted by molar-refractivity contribution is 5.39. The van der Waals surface area contributed by atoms with Crippen molar-refractivity contribution in [2.45, 2.75) is 18.9 Å². The molecule has 106 valence electrons. The van der Waals surface area contributed by atoms with Crippen LogP contribution in [0.5, 0.6) is 0 Å². The predicted molar refractivity (Wildman–Crippen MR) is 72.2 cm³/mol. The van der Waals surface area contributed by atoms with Gasteiger partial charge in [-0.3, -0.25) is 9.99 Å². The van der Waals surface area contributed by atoms with Crippen LogP contribution in [0.25, 0.3) is 5.95 Å². The minimum absolute atomic E-state index is 0.181. The number of rotatable bonds is 4. The van der Waals surface area contributed by atoms with Gasteiger partial charge in [0, 0.05) is 19.0 Å². The van der Waals surface area contributed by atoms with Crippen LogP contribution in [0.2, 0.25) is 0 Å². The van der Waals surface area contributed by atoms with Crippen LogP contribution in [0.1, 0.15) is 13.3 Å². The lowest BCUT2D eigenvalue weighted by molar-refractivity contribution is 0.185. The lowest BCUT2D eigenvalue weighted by Crippen LogP contribution is -2.36. The summed E-state index contributed by atoms with van der Waals surface area (Å²) in [6.07, 6.45) is 5.91. The number of imidazole rings is 1. The topological polar surface area (TPSA) is 116 Å². The summed E-state index contributed by atoms with van der Waals surface area (Å²) in [6, 6.07) is 0. The van der Waals surface area contributed by atoms with Crippen LogP contribution < -0.4 is 16.6 Å². The fraction of sp³-hybridized carbons (Fsp3) is 0.455. The summed E-state index contributed by atoms with van der Waals surface area (Å²) < 4.78 is 7.08. The fourth-order valence-corrected chi connectivity index (χ4v) is 2.01. The summed E-state index contributed by atoms with van der Waals surface area (Å²) in [5, 5.41) is 3.28. The lowest BCUT2D eigenvalue weighted by Gasteiger charge is -2.23. The van der Waals surface area contributed by atoms with Crippen molar-refractivity contribution in [3.8, 4) is 5.95 Å². The van der Waals surface area contributed by atoms with E-state index in [1.165, 1.54) is 0 Å². The van der Waals surface area contributed by atoms with Gasteiger partial charge in [-0.2, -0.15) is 15.0 Å². The molecule has 1 aliphatic heterocycles. The van der Waals surface area contributed by atoms with E-state index in [1.807, 2.05) is 0 Å². The van der Waals surface area contributed by atoms with E-state index in [9.17, 15) is 0 Å². The molecule has 0 spiro atoms. The number of nitrogen functional groups attached to an aromatic ring is 1. The van der Waals surface area contributed by atoms with Crippen LogP contribution in [0, 0.1) is 0 Å². The second-order valence-electron chi connectivity index (χ2n) is 4.89. The Morgan fingerprint density at radius 1 is 1.35 bits per heavy atom. The number of ether oxygens (including phenoxy) is 1. The van der Waals surface area contributed by atoms with Crippen molar-refractivity contribution in [2.24, 2.45) is 5.84 Å². The molecule has 0 bridgehead atoms. The third-order valence-corrected chi connectivity index (χ3v) is 3.12. The van der Waals surface area contributed by atoms with E-state index in [0.717, 1.165) is 13.0 Å². The van der Waals surface area contributed by atoms with E-state index < -0.39 is 0 Å². The minimum Gasteiger partial charge on any atom is -0.379 e. The maximum Gasteiger partial charge on any atom is 0.243 e. The quantitative estimate of drug-likeness (QED) is 0.525. The smallest absolute Gasteiger partial charge is 0.243 e. The van der Waals surface area contributed by atoms with Gasteiger partial charge in [-0.1, -0.05) is 0 Å². The highest BCUT2D eigenvalue weighted by Crippen LogP contribution is 2.22. The maximum absolute atomic E-state index is 5.40. The van der Waals surface area contributed by atoms with E-state index in [0.29, 0.717) is 18.5 Å². The highest BCUT2D eigenvalue weighted by Gasteiger charge is 2.30. The molecule has 20 heavy (non-hydrogen) atoms. The van der Waals surface area contributed by atoms with Crippen LogP contribution in [0.15, 0.2) is 18.7 Å². The summed E-state index contributed by atoms with van der Waals surface area (Å²) in [7, 11) is 0. The standard InChI is InChI=1S/C11H16N8O/c1-11(2-5-20-6-11)17-8-14-9(18-12)16-10(15-8)19-4-3-13-7-19/h3-4,7H,2,5-6,12H2,1H3,(H2,14,15,16,17,18). The molecule has 9 heteroatoms. The van der Waals surface area contributed by atoms with Gasteiger partial charge in [-0.05, 0) is 13.3 Å². The summed E-state index contributed by atoms with van der Waals surface area (Å²) in [5.41, 5.74) is 2.26. The van der Waals surface area contributed by atoms with Gasteiger partial charge >= 0.3 is 0 Å². The molecule has 0 aromatic carbocycles. The fourth-order valence-electron chi connectivity index (χ4n) is 2.01. The largest absolute Gasteiger partial charge is 0.379 e. The number of hydrogen-bond acceptors (Lipinski definition) is 8. The molecule has 2 aromatic rings. The van der Waals surface area contributed by atoms with Gasteiger partial charge in [0.2, 0.25) is 17.8 Å². The molecule has 2 aromatic heterocycles. The van der Waals surface area contributed by atoms with Crippen molar-refractivity contribution in [1.82, 2.24) is 24.5 Å². The van der Waals surface area contributed by atoms with Crippen LogP contribution in [-0.2, 0) is 4.74 Å². The molecule has 0 aliphatic carbocycles. The van der Waals surface area contributed by atoms with E-state index in [2.05, 4.69) is 37.6 Å². The molecule has 1 fully saturated rings. The van der Waals surface area contributed by atoms with Crippen LogP contribution in [0.3, 0.4) is 0 Å². The molecule has 0 amide bonds. The van der Waals surface area contributed by atoms with Gasteiger partial charge < -0.3 is 10.1 Å². The van der Waals surface area contributed by atoms with Gasteiger partial charge in [0.05, 0.1) is 12.1 Å². The Balaban J connectivity index is 1.92. The molecule has 1 saturated heterocycles. The first kappa shape index (κ1) is 12.8. The summed E-state index contributed by atoms with van der Waals surface area (Å²) >= 11 is 0. The Labute approximate surface area is 115 Å². The Hall–Kier alpha value is -2.26. The first-order valence-corrected chi connectivity index (χ1v) is 6.25. The van der Waals surface area contributed by atoms with E-state index in [-0.39, 0.29) is 11.5 Å². The van der Waals surface area contributed by atoms with Gasteiger partial charge in [0.25, 0.3) is 0 Å². The zero-order valence-electron chi connectivity index (χ0n) is 11.1. The zero-order valence-corrected chi connectivity index (χ0v) is 11.1. The monoisotopic (exact) mass is 276 g/mol. The van der Waals surface area contributed by atoms with E-state index >= 15 is 0 Å². The summed E-state index contributed by atoms with van der Waals surface area (Å²) in [6.45, 7) is 3.41. The number of nitrogens with one attached hydrogen (secondary N) is 2. The van der Waals surface area contributed by atoms with Gasteiger partial charge in [-0.15, -0.1) is 0 Å². The highest BCUT2D eigenvalue weighted by atomic mass is 16.5. The number of nitrogens with two attached hydrogens (primary N) is 1. The molecule has 0 radical (unpaired) electrons. The average molecular weight is 276 g/mol. The Kier molecular flexibility index (Phi) is 3.20. The molecule has 1 unspecified atom stereocenters. The molecule has 3 rings (SSSR count). The molecule has 9 nitrogen and oxygen atoms in total. The first-order chi connectivity index (χ1) is 9.68. The van der Waals surface area contributed by atoms with Gasteiger partial charge in [-0.25, -0.2) is 10.8 Å². The molecule has 4 N–H and O–H groups in total. The Morgan fingerprint density at radius 3 is 2.85 bits per heavy atom. The molecular weight excluding hydrogens is 260 g/mol. The predicted octanol–water partition coefficient (Wildman–Crippen LogP) is -0.0662. The molecular formula is C11H16N8O. The molecule has 3 heterocycles. The SMILES string of the molecule is CC1(Nc2nc(NN)nc(-n3ccnc3)n2)CCOC1. The number of aromatic nitrogens is 5. The van der Waals surface area contributed by atoms with Crippen LogP contribution in [-0.4, -0.2) is 43.3 Å². The maximum atomic E-state index is 5.40. The Bertz CT molecular complexity index is 578. The number of nitrogens with zero attached hydrogens (tertiary/aromatic N) is 5. The molecule has 1 atom stereocenters. The van der Waals surface area contributed by atoms with Crippen molar-refractivity contribution < 1.29 is 4.74 Å². The van der Waals surface area contributed by atoms with E-state index in [1.54, 1.807) is 23.3 Å². The average Bonchev–Trinajstić information content (AvgIpc) is 3.09. The number of hydrogen-bond donors (Lipinski definition) is 3. The number of anilines is 2.